The van der Waals surface area contributed by atoms with Crippen LogP contribution in [0.15, 0.2) is 66.9 Å². The number of hydrogen-bond donors (Lipinski definition) is 2. The molecule has 1 unspecified atom stereocenters. The predicted octanol–water partition coefficient (Wildman–Crippen LogP) is 2.07. The molecule has 2 aliphatic rings. The number of nitrogens with zero attached hydrogens (tertiary/aromatic N) is 3. The van der Waals surface area contributed by atoms with E-state index in [2.05, 4.69) is 10.2 Å². The van der Waals surface area contributed by atoms with E-state index < -0.39 is 23.5 Å². The summed E-state index contributed by atoms with van der Waals surface area (Å²) >= 11 is 0. The number of piperidine rings is 1. The summed E-state index contributed by atoms with van der Waals surface area (Å²) in [5, 5.41) is 19.7. The molecule has 2 heterocycles. The van der Waals surface area contributed by atoms with Crippen molar-refractivity contribution in [3.05, 3.63) is 83.7 Å². The summed E-state index contributed by atoms with van der Waals surface area (Å²) in [5.74, 6) is -1.14. The number of esters is 1. The molecule has 5 rings (SSSR count). The number of amides is 1. The van der Waals surface area contributed by atoms with E-state index in [1.54, 1.807) is 30.5 Å². The van der Waals surface area contributed by atoms with Gasteiger partial charge in [-0.1, -0.05) is 48.5 Å². The maximum atomic E-state index is 13.4. The zero-order valence-electron chi connectivity index (χ0n) is 18.9. The molecule has 1 amide bonds. The first kappa shape index (κ1) is 22.2. The summed E-state index contributed by atoms with van der Waals surface area (Å²) < 4.78 is 6.25. The summed E-state index contributed by atoms with van der Waals surface area (Å²) in [7, 11) is 1.96. The van der Waals surface area contributed by atoms with Gasteiger partial charge in [0.25, 0.3) is 5.91 Å². The number of fused-ring (bicyclic) bond motifs is 3. The molecule has 1 aromatic heterocycles. The normalized spacial score (nSPS) is 23.4. The van der Waals surface area contributed by atoms with Crippen molar-refractivity contribution < 1.29 is 23.9 Å². The monoisotopic (exact) mass is 459 g/mol. The maximum absolute atomic E-state index is 13.4. The molecule has 1 aliphatic heterocycles. The van der Waals surface area contributed by atoms with Crippen molar-refractivity contribution >= 4 is 11.9 Å². The molecule has 34 heavy (non-hydrogen) atoms. The number of primary amides is 1. The van der Waals surface area contributed by atoms with Crippen LogP contribution >= 0.6 is 0 Å². The molecule has 0 spiro atoms. The van der Waals surface area contributed by atoms with Crippen molar-refractivity contribution in [1.29, 1.82) is 0 Å². The number of carbonyl (C=O) groups excluding carboxylic acids is 2. The van der Waals surface area contributed by atoms with Crippen LogP contribution < -0.4 is 5.73 Å². The highest BCUT2D eigenvalue weighted by molar-refractivity contribution is 5.96. The van der Waals surface area contributed by atoms with Crippen LogP contribution in [0.3, 0.4) is 0 Å². The van der Waals surface area contributed by atoms with Gasteiger partial charge in [-0.3, -0.25) is 4.79 Å². The maximum Gasteiger partial charge on any atom is 0.348 e. The number of likely N-dealkylation sites (tertiary alicyclic amines) is 1. The van der Waals surface area contributed by atoms with E-state index in [1.165, 1.54) is 0 Å². The highest BCUT2D eigenvalue weighted by Gasteiger charge is 2.50. The molecular formula is C26H27N4O4+. The van der Waals surface area contributed by atoms with Gasteiger partial charge in [0, 0.05) is 30.2 Å². The summed E-state index contributed by atoms with van der Waals surface area (Å²) in [6.45, 7) is 1.13. The molecule has 3 aromatic rings. The van der Waals surface area contributed by atoms with Gasteiger partial charge < -0.3 is 20.1 Å². The number of carbonyl (C=O) groups is 2. The minimum Gasteiger partial charge on any atom is -0.459 e. The third kappa shape index (κ3) is 3.46. The van der Waals surface area contributed by atoms with Gasteiger partial charge in [-0.2, -0.15) is 5.10 Å². The van der Waals surface area contributed by atoms with Crippen molar-refractivity contribution in [3.63, 3.8) is 0 Å². The molecular weight excluding hydrogens is 432 g/mol. The Labute approximate surface area is 197 Å². The van der Waals surface area contributed by atoms with Crippen LogP contribution in [0.25, 0.3) is 11.1 Å². The largest absolute Gasteiger partial charge is 0.459 e. The summed E-state index contributed by atoms with van der Waals surface area (Å²) in [5.41, 5.74) is 7.17. The lowest BCUT2D eigenvalue weighted by molar-refractivity contribution is -0.935. The van der Waals surface area contributed by atoms with E-state index in [-0.39, 0.29) is 6.10 Å². The number of aromatic nitrogens is 2. The highest BCUT2D eigenvalue weighted by atomic mass is 16.6. The first-order chi connectivity index (χ1) is 16.3. The van der Waals surface area contributed by atoms with Gasteiger partial charge in [0.05, 0.1) is 20.1 Å². The molecule has 8 nitrogen and oxygen atoms in total. The van der Waals surface area contributed by atoms with Crippen molar-refractivity contribution in [2.24, 2.45) is 5.73 Å². The Morgan fingerprint density at radius 2 is 1.62 bits per heavy atom. The van der Waals surface area contributed by atoms with Crippen LogP contribution in [0, 0.1) is 0 Å². The molecule has 1 saturated heterocycles. The van der Waals surface area contributed by atoms with E-state index in [0.717, 1.165) is 11.1 Å². The summed E-state index contributed by atoms with van der Waals surface area (Å²) in [6, 6.07) is 17.6. The second-order valence-corrected chi connectivity index (χ2v) is 9.29. The van der Waals surface area contributed by atoms with Crippen LogP contribution in [0.5, 0.6) is 0 Å². The van der Waals surface area contributed by atoms with Gasteiger partial charge in [-0.15, -0.1) is 5.10 Å². The minimum absolute atomic E-state index is 0.359. The number of benzene rings is 2. The molecule has 1 aliphatic carbocycles. The fourth-order valence-electron chi connectivity index (χ4n) is 5.41. The number of hydrogen-bond acceptors (Lipinski definition) is 6. The Morgan fingerprint density at radius 3 is 2.15 bits per heavy atom. The number of nitrogens with two attached hydrogens (primary N) is 1. The summed E-state index contributed by atoms with van der Waals surface area (Å²) in [4.78, 5) is 25.7. The lowest BCUT2D eigenvalue weighted by Crippen LogP contribution is -2.57. The van der Waals surface area contributed by atoms with Crippen molar-refractivity contribution in [3.8, 4) is 11.1 Å². The SMILES string of the molecule is C[N+]1(C(C(N)=O)c2cccnn2)CCC(OC(=O)C2(O)c3ccccc3-c3ccccc32)CC1. The van der Waals surface area contributed by atoms with Crippen molar-refractivity contribution in [2.45, 2.75) is 30.6 Å². The molecule has 0 bridgehead atoms. The molecule has 0 saturated carbocycles. The van der Waals surface area contributed by atoms with Crippen molar-refractivity contribution in [2.75, 3.05) is 20.1 Å². The van der Waals surface area contributed by atoms with Crippen LogP contribution in [0.2, 0.25) is 0 Å². The van der Waals surface area contributed by atoms with Gasteiger partial charge in [-0.25, -0.2) is 4.79 Å². The van der Waals surface area contributed by atoms with Crippen LogP contribution in [-0.2, 0) is 19.9 Å². The lowest BCUT2D eigenvalue weighted by atomic mass is 9.91. The Hall–Kier alpha value is -3.62. The molecule has 1 atom stereocenters. The van der Waals surface area contributed by atoms with Crippen LogP contribution in [0.1, 0.15) is 35.7 Å². The fourth-order valence-corrected chi connectivity index (χ4v) is 5.41. The number of likely N-dealkylation sites (N-methyl/N-ethyl adjacent to an activating group) is 1. The number of ether oxygens (including phenoxy) is 1. The van der Waals surface area contributed by atoms with E-state index in [4.69, 9.17) is 10.5 Å². The van der Waals surface area contributed by atoms with Crippen LogP contribution in [-0.4, -0.2) is 57.9 Å². The van der Waals surface area contributed by atoms with Gasteiger partial charge in [0.2, 0.25) is 11.6 Å². The minimum atomic E-state index is -1.85. The van der Waals surface area contributed by atoms with E-state index in [0.29, 0.717) is 47.2 Å². The van der Waals surface area contributed by atoms with Crippen LogP contribution in [0.4, 0.5) is 0 Å². The zero-order chi connectivity index (χ0) is 23.9. The first-order valence-corrected chi connectivity index (χ1v) is 11.4. The van der Waals surface area contributed by atoms with Gasteiger partial charge in [0.15, 0.2) is 0 Å². The average Bonchev–Trinajstić information content (AvgIpc) is 3.11. The summed E-state index contributed by atoms with van der Waals surface area (Å²) in [6.07, 6.45) is 2.24. The predicted molar refractivity (Wildman–Crippen MR) is 124 cm³/mol. The smallest absolute Gasteiger partial charge is 0.348 e. The third-order valence-electron chi connectivity index (χ3n) is 7.18. The second kappa shape index (κ2) is 8.30. The second-order valence-electron chi connectivity index (χ2n) is 9.29. The molecule has 1 fully saturated rings. The third-order valence-corrected chi connectivity index (χ3v) is 7.18. The Kier molecular flexibility index (Phi) is 5.42. The zero-order valence-corrected chi connectivity index (χ0v) is 18.9. The lowest BCUT2D eigenvalue weighted by Gasteiger charge is -2.44. The molecule has 8 heteroatoms. The van der Waals surface area contributed by atoms with E-state index >= 15 is 0 Å². The first-order valence-electron chi connectivity index (χ1n) is 11.4. The number of quaternary nitrogens is 1. The standard InChI is InChI=1S/C26H26N4O4/c1-30(23(24(27)31)22-11-6-14-28-29-22)15-12-17(13-16-30)34-25(32)26(33)20-9-4-2-7-18(20)19-8-3-5-10-21(19)26/h2-11,14,17,23,33H,12-13,15-16H2,1H3,(H-,27,31)/p+1. The van der Waals surface area contributed by atoms with Crippen molar-refractivity contribution in [1.82, 2.24) is 10.2 Å². The fraction of sp³-hybridized carbons (Fsp3) is 0.308. The quantitative estimate of drug-likeness (QED) is 0.446. The molecule has 2 aromatic carbocycles. The van der Waals surface area contributed by atoms with E-state index in [1.807, 2.05) is 43.4 Å². The Morgan fingerprint density at radius 1 is 1.03 bits per heavy atom. The Bertz CT molecular complexity index is 1190. The topological polar surface area (TPSA) is 115 Å². The molecule has 0 radical (unpaired) electrons. The number of rotatable bonds is 5. The van der Waals surface area contributed by atoms with Gasteiger partial charge >= 0.3 is 5.97 Å². The molecule has 3 N–H and O–H groups in total. The highest BCUT2D eigenvalue weighted by Crippen LogP contribution is 2.48. The molecule has 174 valence electrons. The number of aliphatic hydroxyl groups is 1. The van der Waals surface area contributed by atoms with Gasteiger partial charge in [-0.05, 0) is 23.3 Å². The Balaban J connectivity index is 1.35. The van der Waals surface area contributed by atoms with Gasteiger partial charge in [0.1, 0.15) is 11.8 Å². The van der Waals surface area contributed by atoms with E-state index in [9.17, 15) is 14.7 Å². The average molecular weight is 460 g/mol.